The van der Waals surface area contributed by atoms with Crippen molar-refractivity contribution in [3.63, 3.8) is 0 Å². The van der Waals surface area contributed by atoms with Gasteiger partial charge < -0.3 is 9.73 Å². The molecular weight excluding hydrogens is 294 g/mol. The lowest BCUT2D eigenvalue weighted by Gasteiger charge is -2.07. The fourth-order valence-electron chi connectivity index (χ4n) is 2.36. The smallest absolute Gasteiger partial charge is 0.293 e. The number of benzene rings is 2. The van der Waals surface area contributed by atoms with Gasteiger partial charge in [0.15, 0.2) is 5.58 Å². The molecule has 0 unspecified atom stereocenters. The molecule has 23 heavy (non-hydrogen) atoms. The third-order valence-electron chi connectivity index (χ3n) is 3.58. The predicted octanol–water partition coefficient (Wildman–Crippen LogP) is 4.62. The van der Waals surface area contributed by atoms with Crippen LogP contribution in [0.5, 0.6) is 0 Å². The summed E-state index contributed by atoms with van der Waals surface area (Å²) in [5.41, 5.74) is 2.53. The van der Waals surface area contributed by atoms with Crippen LogP contribution in [0.1, 0.15) is 19.8 Å². The second kappa shape index (κ2) is 6.48. The van der Waals surface area contributed by atoms with Crippen molar-refractivity contribution in [3.05, 3.63) is 52.6 Å². The average Bonchev–Trinajstić information content (AvgIpc) is 2.99. The number of nitro groups is 1. The Hall–Kier alpha value is -2.89. The fraction of sp³-hybridized carbons (Fsp3) is 0.235. The summed E-state index contributed by atoms with van der Waals surface area (Å²) in [6, 6.07) is 12.4. The molecule has 118 valence electrons. The fourth-order valence-corrected chi connectivity index (χ4v) is 2.36. The highest BCUT2D eigenvalue weighted by molar-refractivity contribution is 5.77. The van der Waals surface area contributed by atoms with Gasteiger partial charge in [-0.05, 0) is 30.7 Å². The number of nitro benzene ring substituents is 1. The summed E-state index contributed by atoms with van der Waals surface area (Å²) in [5, 5.41) is 14.4. The molecule has 0 aliphatic rings. The van der Waals surface area contributed by atoms with E-state index in [-0.39, 0.29) is 10.6 Å². The Morgan fingerprint density at radius 3 is 2.83 bits per heavy atom. The summed E-state index contributed by atoms with van der Waals surface area (Å²) in [5.74, 6) is 0.384. The maximum atomic E-state index is 11.3. The quantitative estimate of drug-likeness (QED) is 0.408. The normalized spacial score (nSPS) is 10.8. The van der Waals surface area contributed by atoms with E-state index in [0.717, 1.165) is 18.4 Å². The van der Waals surface area contributed by atoms with E-state index in [2.05, 4.69) is 17.2 Å². The first-order valence-electron chi connectivity index (χ1n) is 7.57. The first-order valence-corrected chi connectivity index (χ1v) is 7.57. The van der Waals surface area contributed by atoms with Crippen molar-refractivity contribution in [2.75, 3.05) is 11.9 Å². The summed E-state index contributed by atoms with van der Waals surface area (Å²) >= 11 is 0. The van der Waals surface area contributed by atoms with Gasteiger partial charge in [0, 0.05) is 18.2 Å². The van der Waals surface area contributed by atoms with Gasteiger partial charge in [-0.2, -0.15) is 0 Å². The number of unbranched alkanes of at least 4 members (excludes halogenated alkanes) is 1. The van der Waals surface area contributed by atoms with Crippen molar-refractivity contribution >= 4 is 22.5 Å². The van der Waals surface area contributed by atoms with Gasteiger partial charge in [0.2, 0.25) is 5.89 Å². The maximum Gasteiger partial charge on any atom is 0.293 e. The topological polar surface area (TPSA) is 81.2 Å². The van der Waals surface area contributed by atoms with Crippen molar-refractivity contribution in [2.45, 2.75) is 19.8 Å². The summed E-state index contributed by atoms with van der Waals surface area (Å²) < 4.78 is 5.67. The summed E-state index contributed by atoms with van der Waals surface area (Å²) in [7, 11) is 0. The van der Waals surface area contributed by atoms with E-state index in [9.17, 15) is 10.1 Å². The molecule has 0 amide bonds. The van der Waals surface area contributed by atoms with Crippen LogP contribution in [0.4, 0.5) is 11.4 Å². The Balaban J connectivity index is 1.96. The third-order valence-corrected chi connectivity index (χ3v) is 3.58. The molecule has 3 rings (SSSR count). The van der Waals surface area contributed by atoms with Gasteiger partial charge >= 0.3 is 0 Å². The molecule has 0 saturated carbocycles. The third kappa shape index (κ3) is 3.15. The number of nitrogens with zero attached hydrogens (tertiary/aromatic N) is 2. The Kier molecular flexibility index (Phi) is 4.23. The number of anilines is 1. The highest BCUT2D eigenvalue weighted by Crippen LogP contribution is 2.31. The highest BCUT2D eigenvalue weighted by atomic mass is 16.6. The number of aromatic nitrogens is 1. The van der Waals surface area contributed by atoms with Gasteiger partial charge in [0.25, 0.3) is 5.69 Å². The Morgan fingerprint density at radius 2 is 2.09 bits per heavy atom. The minimum atomic E-state index is -0.388. The van der Waals surface area contributed by atoms with E-state index < -0.39 is 0 Å². The van der Waals surface area contributed by atoms with Crippen LogP contribution in [0.2, 0.25) is 0 Å². The molecule has 0 radical (unpaired) electrons. The molecule has 6 heteroatoms. The molecular formula is C17H17N3O3. The molecule has 3 aromatic rings. The number of hydrogen-bond acceptors (Lipinski definition) is 5. The summed E-state index contributed by atoms with van der Waals surface area (Å²) in [6.45, 7) is 2.78. The van der Waals surface area contributed by atoms with Crippen molar-refractivity contribution < 1.29 is 9.34 Å². The number of fused-ring (bicyclic) bond motifs is 1. The largest absolute Gasteiger partial charge is 0.436 e. The first-order chi connectivity index (χ1) is 11.2. The summed E-state index contributed by atoms with van der Waals surface area (Å²) in [6.07, 6.45) is 1.99. The SMILES string of the molecule is CCCCNc1ccc(-c2nc3ccccc3o2)cc1[N+](=O)[O-]. The van der Waals surface area contributed by atoms with E-state index in [4.69, 9.17) is 4.42 Å². The van der Waals surface area contributed by atoms with Crippen molar-refractivity contribution in [3.8, 4) is 11.5 Å². The minimum Gasteiger partial charge on any atom is -0.436 e. The van der Waals surface area contributed by atoms with E-state index in [1.54, 1.807) is 12.1 Å². The van der Waals surface area contributed by atoms with E-state index in [1.807, 2.05) is 24.3 Å². The van der Waals surface area contributed by atoms with E-state index in [0.29, 0.717) is 29.3 Å². The van der Waals surface area contributed by atoms with Gasteiger partial charge in [0.05, 0.1) is 4.92 Å². The average molecular weight is 311 g/mol. The van der Waals surface area contributed by atoms with Crippen LogP contribution in [-0.2, 0) is 0 Å². The molecule has 0 saturated heterocycles. The molecule has 2 aromatic carbocycles. The molecule has 1 heterocycles. The van der Waals surface area contributed by atoms with Crippen molar-refractivity contribution in [1.82, 2.24) is 4.98 Å². The molecule has 6 nitrogen and oxygen atoms in total. The minimum absolute atomic E-state index is 0.0286. The monoisotopic (exact) mass is 311 g/mol. The molecule has 0 spiro atoms. The first kappa shape index (κ1) is 15.0. The van der Waals surface area contributed by atoms with Crippen LogP contribution in [0.15, 0.2) is 46.9 Å². The lowest BCUT2D eigenvalue weighted by Crippen LogP contribution is -2.04. The highest BCUT2D eigenvalue weighted by Gasteiger charge is 2.17. The van der Waals surface area contributed by atoms with Crippen molar-refractivity contribution in [1.29, 1.82) is 0 Å². The molecule has 1 N–H and O–H groups in total. The van der Waals surface area contributed by atoms with Crippen LogP contribution < -0.4 is 5.32 Å². The number of nitrogens with one attached hydrogen (secondary N) is 1. The lowest BCUT2D eigenvalue weighted by atomic mass is 10.1. The Labute approximate surface area is 133 Å². The van der Waals surface area contributed by atoms with Gasteiger partial charge in [-0.3, -0.25) is 10.1 Å². The van der Waals surface area contributed by atoms with Crippen LogP contribution >= 0.6 is 0 Å². The molecule has 0 atom stereocenters. The van der Waals surface area contributed by atoms with Crippen LogP contribution in [0.3, 0.4) is 0 Å². The lowest BCUT2D eigenvalue weighted by molar-refractivity contribution is -0.383. The van der Waals surface area contributed by atoms with Crippen LogP contribution in [-0.4, -0.2) is 16.5 Å². The zero-order chi connectivity index (χ0) is 16.2. The van der Waals surface area contributed by atoms with Gasteiger partial charge in [-0.1, -0.05) is 25.5 Å². The number of oxazole rings is 1. The van der Waals surface area contributed by atoms with Gasteiger partial charge in [0.1, 0.15) is 11.2 Å². The van der Waals surface area contributed by atoms with E-state index in [1.165, 1.54) is 6.07 Å². The van der Waals surface area contributed by atoms with Crippen LogP contribution in [0.25, 0.3) is 22.6 Å². The molecule has 0 aliphatic heterocycles. The standard InChI is InChI=1S/C17H17N3O3/c1-2-3-10-18-13-9-8-12(11-15(13)20(21)22)17-19-14-6-4-5-7-16(14)23-17/h4-9,11,18H,2-3,10H2,1H3. The van der Waals surface area contributed by atoms with Crippen molar-refractivity contribution in [2.24, 2.45) is 0 Å². The maximum absolute atomic E-state index is 11.3. The van der Waals surface area contributed by atoms with E-state index >= 15 is 0 Å². The molecule has 0 bridgehead atoms. The van der Waals surface area contributed by atoms with Crippen LogP contribution in [0, 0.1) is 10.1 Å². The molecule has 1 aromatic heterocycles. The number of para-hydroxylation sites is 2. The zero-order valence-electron chi connectivity index (χ0n) is 12.8. The Bertz CT molecular complexity index is 809. The second-order valence-corrected chi connectivity index (χ2v) is 5.26. The Morgan fingerprint density at radius 1 is 1.26 bits per heavy atom. The second-order valence-electron chi connectivity index (χ2n) is 5.26. The van der Waals surface area contributed by atoms with Gasteiger partial charge in [-0.15, -0.1) is 0 Å². The molecule has 0 aliphatic carbocycles. The van der Waals surface area contributed by atoms with Gasteiger partial charge in [-0.25, -0.2) is 4.98 Å². The number of rotatable bonds is 6. The summed E-state index contributed by atoms with van der Waals surface area (Å²) in [4.78, 5) is 15.3. The predicted molar refractivity (Wildman–Crippen MR) is 89.5 cm³/mol. The molecule has 0 fully saturated rings. The zero-order valence-corrected chi connectivity index (χ0v) is 12.8. The number of hydrogen-bond donors (Lipinski definition) is 1.